The molecule has 0 spiro atoms. The fourth-order valence-electron chi connectivity index (χ4n) is 2.88. The maximum Gasteiger partial charge on any atom is 0.333 e. The lowest BCUT2D eigenvalue weighted by molar-refractivity contribution is -0.155. The third kappa shape index (κ3) is 5.19. The molecule has 3 nitrogen and oxygen atoms in total. The number of hydrogen-bond acceptors (Lipinski definition) is 3. The van der Waals surface area contributed by atoms with Crippen LogP contribution in [0.25, 0.3) is 0 Å². The molecule has 0 amide bonds. The van der Waals surface area contributed by atoms with Gasteiger partial charge in [-0.2, -0.15) is 0 Å². The standard InChI is InChI=1S/C16H26O3/c1-11(2)14(17)19-16(6)8-12(3)7-13(10-16)9-15(4,5)18/h9,12,18H,1,7-8,10H2,2-6H3/b13-9-. The second-order valence-electron chi connectivity index (χ2n) is 6.77. The van der Waals surface area contributed by atoms with Gasteiger partial charge in [-0.15, -0.1) is 0 Å². The zero-order valence-corrected chi connectivity index (χ0v) is 12.7. The van der Waals surface area contributed by atoms with E-state index in [0.29, 0.717) is 17.9 Å². The molecule has 108 valence electrons. The summed E-state index contributed by atoms with van der Waals surface area (Å²) in [5, 5.41) is 9.90. The predicted octanol–water partition coefficient (Wildman–Crippen LogP) is 3.38. The van der Waals surface area contributed by atoms with Gasteiger partial charge < -0.3 is 9.84 Å². The molecule has 1 rings (SSSR count). The molecule has 0 bridgehead atoms. The van der Waals surface area contributed by atoms with E-state index in [4.69, 9.17) is 4.74 Å². The number of hydrogen-bond donors (Lipinski definition) is 1. The largest absolute Gasteiger partial charge is 0.456 e. The molecule has 1 fully saturated rings. The van der Waals surface area contributed by atoms with Crippen LogP contribution in [-0.4, -0.2) is 22.3 Å². The van der Waals surface area contributed by atoms with Gasteiger partial charge in [0.1, 0.15) is 5.60 Å². The van der Waals surface area contributed by atoms with E-state index in [0.717, 1.165) is 18.4 Å². The highest BCUT2D eigenvalue weighted by Gasteiger charge is 2.36. The molecule has 0 heterocycles. The van der Waals surface area contributed by atoms with Gasteiger partial charge in [0.25, 0.3) is 0 Å². The van der Waals surface area contributed by atoms with E-state index in [1.165, 1.54) is 0 Å². The molecule has 0 aliphatic heterocycles. The quantitative estimate of drug-likeness (QED) is 0.484. The molecular formula is C16H26O3. The summed E-state index contributed by atoms with van der Waals surface area (Å²) < 4.78 is 5.59. The first-order valence-electron chi connectivity index (χ1n) is 6.82. The normalized spacial score (nSPS) is 30.2. The molecule has 1 aliphatic carbocycles. The molecule has 2 atom stereocenters. The Bertz CT molecular complexity index is 401. The molecule has 1 saturated carbocycles. The molecule has 0 aromatic heterocycles. The van der Waals surface area contributed by atoms with Crippen LogP contribution in [0.15, 0.2) is 23.8 Å². The zero-order chi connectivity index (χ0) is 14.8. The Morgan fingerprint density at radius 2 is 2.16 bits per heavy atom. The average molecular weight is 266 g/mol. The smallest absolute Gasteiger partial charge is 0.333 e. The van der Waals surface area contributed by atoms with Crippen molar-refractivity contribution in [3.05, 3.63) is 23.8 Å². The maximum absolute atomic E-state index is 11.7. The van der Waals surface area contributed by atoms with Crippen LogP contribution in [0.1, 0.15) is 53.9 Å². The van der Waals surface area contributed by atoms with Crippen LogP contribution < -0.4 is 0 Å². The summed E-state index contributed by atoms with van der Waals surface area (Å²) in [5.41, 5.74) is 0.256. The summed E-state index contributed by atoms with van der Waals surface area (Å²) in [7, 11) is 0. The van der Waals surface area contributed by atoms with Gasteiger partial charge in [-0.25, -0.2) is 4.79 Å². The van der Waals surface area contributed by atoms with Crippen LogP contribution in [0.5, 0.6) is 0 Å². The van der Waals surface area contributed by atoms with Gasteiger partial charge in [-0.3, -0.25) is 0 Å². The van der Waals surface area contributed by atoms with Crippen molar-refractivity contribution in [2.45, 2.75) is 65.1 Å². The summed E-state index contributed by atoms with van der Waals surface area (Å²) >= 11 is 0. The first-order valence-corrected chi connectivity index (χ1v) is 6.82. The number of aliphatic hydroxyl groups is 1. The third-order valence-electron chi connectivity index (χ3n) is 3.24. The van der Waals surface area contributed by atoms with Crippen molar-refractivity contribution in [1.82, 2.24) is 0 Å². The monoisotopic (exact) mass is 266 g/mol. The van der Waals surface area contributed by atoms with Crippen molar-refractivity contribution in [2.75, 3.05) is 0 Å². The topological polar surface area (TPSA) is 46.5 Å². The summed E-state index contributed by atoms with van der Waals surface area (Å²) in [4.78, 5) is 11.7. The second-order valence-corrected chi connectivity index (χ2v) is 6.77. The summed E-state index contributed by atoms with van der Waals surface area (Å²) in [6.45, 7) is 12.9. The van der Waals surface area contributed by atoms with E-state index in [1.807, 2.05) is 13.0 Å². The number of ether oxygens (including phenoxy) is 1. The van der Waals surface area contributed by atoms with Crippen LogP contribution in [-0.2, 0) is 9.53 Å². The molecule has 0 radical (unpaired) electrons. The fraction of sp³-hybridized carbons (Fsp3) is 0.688. The molecular weight excluding hydrogens is 240 g/mol. The lowest BCUT2D eigenvalue weighted by atomic mass is 9.76. The van der Waals surface area contributed by atoms with Crippen molar-refractivity contribution in [3.63, 3.8) is 0 Å². The third-order valence-corrected chi connectivity index (χ3v) is 3.24. The lowest BCUT2D eigenvalue weighted by Gasteiger charge is -2.38. The molecule has 19 heavy (non-hydrogen) atoms. The van der Waals surface area contributed by atoms with Gasteiger partial charge in [0, 0.05) is 12.0 Å². The molecule has 2 unspecified atom stereocenters. The van der Waals surface area contributed by atoms with E-state index in [-0.39, 0.29) is 5.97 Å². The van der Waals surface area contributed by atoms with E-state index in [2.05, 4.69) is 13.5 Å². The van der Waals surface area contributed by atoms with Crippen LogP contribution >= 0.6 is 0 Å². The van der Waals surface area contributed by atoms with E-state index in [9.17, 15) is 9.90 Å². The van der Waals surface area contributed by atoms with Crippen LogP contribution in [0.3, 0.4) is 0 Å². The number of esters is 1. The molecule has 3 heteroatoms. The van der Waals surface area contributed by atoms with Crippen LogP contribution in [0.4, 0.5) is 0 Å². The molecule has 0 saturated heterocycles. The van der Waals surface area contributed by atoms with Crippen LogP contribution in [0.2, 0.25) is 0 Å². The molecule has 0 aromatic rings. The highest BCUT2D eigenvalue weighted by molar-refractivity contribution is 5.87. The summed E-state index contributed by atoms with van der Waals surface area (Å²) in [6, 6.07) is 0. The van der Waals surface area contributed by atoms with E-state index >= 15 is 0 Å². The van der Waals surface area contributed by atoms with Crippen molar-refractivity contribution < 1.29 is 14.6 Å². The Kier molecular flexibility index (Phi) is 4.62. The Morgan fingerprint density at radius 3 is 2.63 bits per heavy atom. The fourth-order valence-corrected chi connectivity index (χ4v) is 2.88. The van der Waals surface area contributed by atoms with E-state index in [1.54, 1.807) is 20.8 Å². The van der Waals surface area contributed by atoms with E-state index < -0.39 is 11.2 Å². The molecule has 1 N–H and O–H groups in total. The zero-order valence-electron chi connectivity index (χ0n) is 12.7. The SMILES string of the molecule is C=C(C)C(=O)OC1(C)C/C(=C\C(C)(C)O)CC(C)C1. The Morgan fingerprint density at radius 1 is 1.58 bits per heavy atom. The highest BCUT2D eigenvalue weighted by atomic mass is 16.6. The Balaban J connectivity index is 2.88. The number of carbonyl (C=O) groups is 1. The predicted molar refractivity (Wildman–Crippen MR) is 76.7 cm³/mol. The minimum Gasteiger partial charge on any atom is -0.456 e. The van der Waals surface area contributed by atoms with Gasteiger partial charge in [0.2, 0.25) is 0 Å². The minimum absolute atomic E-state index is 0.334. The van der Waals surface area contributed by atoms with Gasteiger partial charge in [0.15, 0.2) is 0 Å². The molecule has 1 aliphatic rings. The number of rotatable bonds is 3. The Labute approximate surface area is 116 Å². The summed E-state index contributed by atoms with van der Waals surface area (Å²) in [5.74, 6) is 0.101. The molecule has 0 aromatic carbocycles. The minimum atomic E-state index is -0.828. The lowest BCUT2D eigenvalue weighted by Crippen LogP contribution is -2.38. The van der Waals surface area contributed by atoms with Crippen molar-refractivity contribution >= 4 is 5.97 Å². The summed E-state index contributed by atoms with van der Waals surface area (Å²) in [6.07, 6.45) is 4.36. The van der Waals surface area contributed by atoms with Gasteiger partial charge in [0.05, 0.1) is 5.60 Å². The first kappa shape index (κ1) is 16.0. The van der Waals surface area contributed by atoms with Gasteiger partial charge in [-0.05, 0) is 46.5 Å². The highest BCUT2D eigenvalue weighted by Crippen LogP contribution is 2.39. The first-order chi connectivity index (χ1) is 8.51. The Hall–Kier alpha value is -1.09. The average Bonchev–Trinajstić information content (AvgIpc) is 2.11. The maximum atomic E-state index is 11.7. The van der Waals surface area contributed by atoms with Gasteiger partial charge >= 0.3 is 5.97 Å². The van der Waals surface area contributed by atoms with Gasteiger partial charge in [-0.1, -0.05) is 25.2 Å². The second kappa shape index (κ2) is 5.49. The van der Waals surface area contributed by atoms with Crippen LogP contribution in [0, 0.1) is 5.92 Å². The van der Waals surface area contributed by atoms with Crippen molar-refractivity contribution in [2.24, 2.45) is 5.92 Å². The van der Waals surface area contributed by atoms with Crippen molar-refractivity contribution in [1.29, 1.82) is 0 Å². The number of carbonyl (C=O) groups excluding carboxylic acids is 1. The van der Waals surface area contributed by atoms with Crippen molar-refractivity contribution in [3.8, 4) is 0 Å².